The van der Waals surface area contributed by atoms with Crippen LogP contribution in [0.3, 0.4) is 0 Å². The Kier molecular flexibility index (Phi) is 4.17. The molecule has 1 saturated heterocycles. The molecule has 24 heavy (non-hydrogen) atoms. The average Bonchev–Trinajstić information content (AvgIpc) is 2.93. The standard InChI is InChI=1S/C19H19ClN2O2/c20-16-8-2-1-6-14(16)12-21-11-5-7-15(13-21)22-17-9-3-4-10-18(17)24-19(22)23/h1-4,6,8-10,15H,5,7,11-13H2/t15-/m0/s1. The third-order valence-corrected chi connectivity index (χ3v) is 5.09. The fraction of sp³-hybridized carbons (Fsp3) is 0.316. The third-order valence-electron chi connectivity index (χ3n) is 4.72. The molecule has 4 rings (SSSR count). The van der Waals surface area contributed by atoms with E-state index in [0.29, 0.717) is 5.58 Å². The molecule has 0 amide bonds. The van der Waals surface area contributed by atoms with Gasteiger partial charge in [-0.2, -0.15) is 0 Å². The van der Waals surface area contributed by atoms with Gasteiger partial charge in [-0.15, -0.1) is 0 Å². The lowest BCUT2D eigenvalue weighted by atomic mass is 10.0. The summed E-state index contributed by atoms with van der Waals surface area (Å²) >= 11 is 6.29. The van der Waals surface area contributed by atoms with E-state index in [-0.39, 0.29) is 11.8 Å². The molecular weight excluding hydrogens is 324 g/mol. The SMILES string of the molecule is O=c1oc2ccccc2n1[C@H]1CCCN(Cc2ccccc2Cl)C1. The van der Waals surface area contributed by atoms with Crippen molar-refractivity contribution in [1.82, 2.24) is 9.47 Å². The lowest BCUT2D eigenvalue weighted by Gasteiger charge is -2.33. The zero-order valence-corrected chi connectivity index (χ0v) is 14.1. The number of oxazole rings is 1. The molecule has 0 N–H and O–H groups in total. The maximum atomic E-state index is 12.3. The van der Waals surface area contributed by atoms with Gasteiger partial charge in [-0.25, -0.2) is 4.79 Å². The summed E-state index contributed by atoms with van der Waals surface area (Å²) in [5, 5.41) is 0.797. The number of para-hydroxylation sites is 2. The Bertz CT molecular complexity index is 915. The van der Waals surface area contributed by atoms with Gasteiger partial charge in [-0.3, -0.25) is 9.47 Å². The van der Waals surface area contributed by atoms with Gasteiger partial charge in [-0.1, -0.05) is 41.9 Å². The van der Waals surface area contributed by atoms with Gasteiger partial charge >= 0.3 is 5.76 Å². The maximum Gasteiger partial charge on any atom is 0.420 e. The number of piperidine rings is 1. The molecule has 0 aliphatic carbocycles. The summed E-state index contributed by atoms with van der Waals surface area (Å²) in [4.78, 5) is 14.7. The molecule has 1 aliphatic rings. The van der Waals surface area contributed by atoms with Gasteiger partial charge in [0.25, 0.3) is 0 Å². The number of hydrogen-bond donors (Lipinski definition) is 0. The zero-order chi connectivity index (χ0) is 16.5. The second-order valence-electron chi connectivity index (χ2n) is 6.33. The molecule has 1 atom stereocenters. The number of hydrogen-bond acceptors (Lipinski definition) is 3. The van der Waals surface area contributed by atoms with E-state index in [2.05, 4.69) is 11.0 Å². The van der Waals surface area contributed by atoms with Crippen molar-refractivity contribution >= 4 is 22.7 Å². The number of halogens is 1. The van der Waals surface area contributed by atoms with Crippen molar-refractivity contribution in [2.24, 2.45) is 0 Å². The van der Waals surface area contributed by atoms with Gasteiger partial charge in [0.05, 0.1) is 11.6 Å². The highest BCUT2D eigenvalue weighted by Gasteiger charge is 2.25. The van der Waals surface area contributed by atoms with Crippen LogP contribution in [-0.2, 0) is 6.54 Å². The summed E-state index contributed by atoms with van der Waals surface area (Å²) in [5.74, 6) is -0.263. The lowest BCUT2D eigenvalue weighted by Crippen LogP contribution is -2.38. The number of fused-ring (bicyclic) bond motifs is 1. The minimum absolute atomic E-state index is 0.136. The largest absolute Gasteiger partial charge is 0.420 e. The first-order chi connectivity index (χ1) is 11.7. The van der Waals surface area contributed by atoms with Crippen molar-refractivity contribution in [1.29, 1.82) is 0 Å². The molecule has 0 unspecified atom stereocenters. The number of rotatable bonds is 3. The molecule has 2 aromatic carbocycles. The van der Waals surface area contributed by atoms with Crippen molar-refractivity contribution in [2.45, 2.75) is 25.4 Å². The van der Waals surface area contributed by atoms with Crippen LogP contribution in [0, 0.1) is 0 Å². The molecule has 0 saturated carbocycles. The summed E-state index contributed by atoms with van der Waals surface area (Å²) in [6.07, 6.45) is 2.05. The molecule has 1 aliphatic heterocycles. The minimum atomic E-state index is -0.263. The van der Waals surface area contributed by atoms with Crippen LogP contribution in [0.2, 0.25) is 5.02 Å². The molecule has 3 aromatic rings. The van der Waals surface area contributed by atoms with E-state index in [1.54, 1.807) is 0 Å². The van der Waals surface area contributed by atoms with Crippen molar-refractivity contribution in [3.05, 3.63) is 69.7 Å². The van der Waals surface area contributed by atoms with Crippen LogP contribution in [0.5, 0.6) is 0 Å². The first-order valence-corrected chi connectivity index (χ1v) is 8.66. The first-order valence-electron chi connectivity index (χ1n) is 8.28. The van der Waals surface area contributed by atoms with Crippen molar-refractivity contribution in [3.8, 4) is 0 Å². The van der Waals surface area contributed by atoms with Crippen molar-refractivity contribution in [2.75, 3.05) is 13.1 Å². The highest BCUT2D eigenvalue weighted by Crippen LogP contribution is 2.26. The Balaban J connectivity index is 1.60. The smallest absolute Gasteiger partial charge is 0.408 e. The number of aromatic nitrogens is 1. The summed E-state index contributed by atoms with van der Waals surface area (Å²) in [7, 11) is 0. The Morgan fingerprint density at radius 2 is 1.92 bits per heavy atom. The van der Waals surface area contributed by atoms with Gasteiger partial charge < -0.3 is 4.42 Å². The van der Waals surface area contributed by atoms with Crippen LogP contribution in [-0.4, -0.2) is 22.6 Å². The Morgan fingerprint density at radius 1 is 1.12 bits per heavy atom. The van der Waals surface area contributed by atoms with Crippen LogP contribution in [0.1, 0.15) is 24.4 Å². The molecular formula is C19H19ClN2O2. The Labute approximate surface area is 145 Å². The van der Waals surface area contributed by atoms with E-state index >= 15 is 0 Å². The number of nitrogens with zero attached hydrogens (tertiary/aromatic N) is 2. The topological polar surface area (TPSA) is 38.4 Å². The molecule has 2 heterocycles. The van der Waals surface area contributed by atoms with Gasteiger partial charge in [0.15, 0.2) is 5.58 Å². The predicted octanol–water partition coefficient (Wildman–Crippen LogP) is 4.09. The molecule has 0 radical (unpaired) electrons. The molecule has 5 heteroatoms. The molecule has 1 aromatic heterocycles. The quantitative estimate of drug-likeness (QED) is 0.719. The fourth-order valence-corrected chi connectivity index (χ4v) is 3.78. The van der Waals surface area contributed by atoms with Crippen LogP contribution in [0.4, 0.5) is 0 Å². The second kappa shape index (κ2) is 6.46. The predicted molar refractivity (Wildman–Crippen MR) is 95.5 cm³/mol. The van der Waals surface area contributed by atoms with E-state index in [4.69, 9.17) is 16.0 Å². The molecule has 124 valence electrons. The first kappa shape index (κ1) is 15.5. The van der Waals surface area contributed by atoms with E-state index in [1.165, 1.54) is 0 Å². The molecule has 4 nitrogen and oxygen atoms in total. The maximum absolute atomic E-state index is 12.3. The van der Waals surface area contributed by atoms with Gasteiger partial charge in [0.1, 0.15) is 0 Å². The average molecular weight is 343 g/mol. The summed E-state index contributed by atoms with van der Waals surface area (Å²) in [6.45, 7) is 2.65. The zero-order valence-electron chi connectivity index (χ0n) is 13.3. The van der Waals surface area contributed by atoms with Gasteiger partial charge in [-0.05, 0) is 43.1 Å². The highest BCUT2D eigenvalue weighted by molar-refractivity contribution is 6.31. The summed E-state index contributed by atoms with van der Waals surface area (Å²) in [5.41, 5.74) is 2.67. The highest BCUT2D eigenvalue weighted by atomic mass is 35.5. The Hall–Kier alpha value is -2.04. The van der Waals surface area contributed by atoms with Crippen LogP contribution < -0.4 is 5.76 Å². The number of benzene rings is 2. The van der Waals surface area contributed by atoms with Gasteiger partial charge in [0, 0.05) is 18.1 Å². The lowest BCUT2D eigenvalue weighted by molar-refractivity contribution is 0.168. The van der Waals surface area contributed by atoms with Crippen molar-refractivity contribution in [3.63, 3.8) is 0 Å². The monoisotopic (exact) mass is 342 g/mol. The second-order valence-corrected chi connectivity index (χ2v) is 6.74. The normalized spacial score (nSPS) is 19.0. The van der Waals surface area contributed by atoms with Crippen LogP contribution in [0.25, 0.3) is 11.1 Å². The third kappa shape index (κ3) is 2.87. The van der Waals surface area contributed by atoms with Crippen molar-refractivity contribution < 1.29 is 4.42 Å². The van der Waals surface area contributed by atoms with E-state index in [1.807, 2.05) is 47.0 Å². The van der Waals surface area contributed by atoms with E-state index < -0.39 is 0 Å². The fourth-order valence-electron chi connectivity index (χ4n) is 3.58. The number of likely N-dealkylation sites (tertiary alicyclic amines) is 1. The van der Waals surface area contributed by atoms with E-state index in [0.717, 1.165) is 48.6 Å². The van der Waals surface area contributed by atoms with Gasteiger partial charge in [0.2, 0.25) is 0 Å². The Morgan fingerprint density at radius 3 is 2.79 bits per heavy atom. The van der Waals surface area contributed by atoms with E-state index in [9.17, 15) is 4.79 Å². The molecule has 0 spiro atoms. The minimum Gasteiger partial charge on any atom is -0.408 e. The summed E-state index contributed by atoms with van der Waals surface area (Å²) < 4.78 is 7.21. The van der Waals surface area contributed by atoms with Crippen LogP contribution >= 0.6 is 11.6 Å². The molecule has 1 fully saturated rings. The molecule has 0 bridgehead atoms. The summed E-state index contributed by atoms with van der Waals surface area (Å²) in [6, 6.07) is 15.7. The van der Waals surface area contributed by atoms with Crippen LogP contribution in [0.15, 0.2) is 57.7 Å².